The first-order chi connectivity index (χ1) is 13.4. The smallest absolute Gasteiger partial charge is 0.449 e. The Balaban J connectivity index is 1.94. The highest BCUT2D eigenvalue weighted by molar-refractivity contribution is 6.38. The van der Waals surface area contributed by atoms with Gasteiger partial charge in [-0.25, -0.2) is 9.18 Å². The Hall–Kier alpha value is -2.32. The van der Waals surface area contributed by atoms with Crippen LogP contribution in [0.2, 0.25) is 5.02 Å². The van der Waals surface area contributed by atoms with Crippen LogP contribution in [-0.2, 0) is 0 Å². The second-order valence-corrected chi connectivity index (χ2v) is 7.83. The molecule has 150 valence electrons. The zero-order valence-electron chi connectivity index (χ0n) is 15.2. The maximum Gasteiger partial charge on any atom is 0.511 e. The van der Waals surface area contributed by atoms with E-state index in [0.29, 0.717) is 18.6 Å². The van der Waals surface area contributed by atoms with Crippen molar-refractivity contribution in [2.75, 3.05) is 18.0 Å². The number of nitrogens with two attached hydrogens (primary N) is 1. The van der Waals surface area contributed by atoms with Crippen LogP contribution < -0.4 is 20.8 Å². The molecule has 1 aromatic heterocycles. The van der Waals surface area contributed by atoms with Crippen LogP contribution in [0.4, 0.5) is 14.9 Å². The van der Waals surface area contributed by atoms with Gasteiger partial charge in [0.1, 0.15) is 5.82 Å². The lowest BCUT2D eigenvalue weighted by Gasteiger charge is -2.27. The molecular formula is C19H21ClFN3O4. The lowest BCUT2D eigenvalue weighted by atomic mass is 10.1. The van der Waals surface area contributed by atoms with Gasteiger partial charge in [-0.2, -0.15) is 0 Å². The predicted molar refractivity (Wildman–Crippen MR) is 104 cm³/mol. The molecular weight excluding hydrogens is 389 g/mol. The first kappa shape index (κ1) is 19.0. The molecule has 4 rings (SSSR count). The average molecular weight is 410 g/mol. The third-order valence-corrected chi connectivity index (χ3v) is 5.67. The van der Waals surface area contributed by atoms with Crippen LogP contribution in [0.15, 0.2) is 17.1 Å². The Labute approximate surface area is 165 Å². The number of fused-ring (bicyclic) bond motifs is 1. The van der Waals surface area contributed by atoms with Gasteiger partial charge in [0, 0.05) is 25.2 Å². The number of hydrogen-bond donors (Lipinski definition) is 2. The number of halogens is 2. The number of benzene rings is 1. The fourth-order valence-electron chi connectivity index (χ4n) is 3.88. The fourth-order valence-corrected chi connectivity index (χ4v) is 4.29. The van der Waals surface area contributed by atoms with Crippen molar-refractivity contribution in [1.82, 2.24) is 4.57 Å². The van der Waals surface area contributed by atoms with Gasteiger partial charge >= 0.3 is 6.16 Å². The minimum Gasteiger partial charge on any atom is -0.449 e. The molecule has 2 fully saturated rings. The van der Waals surface area contributed by atoms with Crippen molar-refractivity contribution in [2.45, 2.75) is 44.2 Å². The normalized spacial score (nSPS) is 20.2. The number of anilines is 1. The molecule has 1 atom stereocenters. The fraction of sp³-hybridized carbons (Fsp3) is 0.474. The summed E-state index contributed by atoms with van der Waals surface area (Å²) in [4.78, 5) is 25.5. The third kappa shape index (κ3) is 3.42. The first-order valence-electron chi connectivity index (χ1n) is 9.35. The Kier molecular flexibility index (Phi) is 4.93. The molecule has 9 heteroatoms. The molecule has 1 aliphatic heterocycles. The summed E-state index contributed by atoms with van der Waals surface area (Å²) in [6.45, 7) is 1.11. The van der Waals surface area contributed by atoms with Crippen LogP contribution in [-0.4, -0.2) is 35.0 Å². The van der Waals surface area contributed by atoms with E-state index in [0.717, 1.165) is 38.2 Å². The molecule has 1 saturated carbocycles. The summed E-state index contributed by atoms with van der Waals surface area (Å²) in [6, 6.07) is 1.12. The minimum atomic E-state index is -1.60. The first-order valence-corrected chi connectivity index (χ1v) is 9.72. The van der Waals surface area contributed by atoms with Crippen molar-refractivity contribution in [2.24, 2.45) is 5.73 Å². The van der Waals surface area contributed by atoms with Gasteiger partial charge in [-0.15, -0.1) is 0 Å². The van der Waals surface area contributed by atoms with Crippen LogP contribution in [0, 0.1) is 5.82 Å². The lowest BCUT2D eigenvalue weighted by molar-refractivity contribution is 0.143. The topological polar surface area (TPSA) is 97.8 Å². The Morgan fingerprint density at radius 1 is 1.32 bits per heavy atom. The molecule has 2 aliphatic rings. The van der Waals surface area contributed by atoms with E-state index in [1.165, 1.54) is 6.20 Å². The summed E-state index contributed by atoms with van der Waals surface area (Å²) in [7, 11) is 0. The quantitative estimate of drug-likeness (QED) is 0.753. The number of carboxylic acid groups (broad SMARTS) is 1. The highest BCUT2D eigenvalue weighted by Gasteiger charge is 2.30. The Morgan fingerprint density at radius 3 is 2.75 bits per heavy atom. The molecule has 2 heterocycles. The number of rotatable bonds is 3. The number of ether oxygens (including phenoxy) is 1. The van der Waals surface area contributed by atoms with Crippen molar-refractivity contribution in [3.8, 4) is 5.75 Å². The van der Waals surface area contributed by atoms with Crippen molar-refractivity contribution in [3.63, 3.8) is 0 Å². The van der Waals surface area contributed by atoms with Crippen LogP contribution in [0.1, 0.15) is 38.1 Å². The molecule has 0 bridgehead atoms. The van der Waals surface area contributed by atoms with E-state index in [-0.39, 0.29) is 33.9 Å². The standard InChI is InChI=1S/C19H21ClFN3O4/c20-15-16-12(7-13(21)17(15)23-6-2-1-3-10(22)8-23)18(25)14(28-19(26)27)9-24(16)11-4-5-11/h7,9-11H,1-6,8,22H2,(H,26,27)/t10-/m1/s1. The van der Waals surface area contributed by atoms with Gasteiger partial charge in [0.15, 0.2) is 5.75 Å². The van der Waals surface area contributed by atoms with Crippen molar-refractivity contribution < 1.29 is 19.0 Å². The summed E-state index contributed by atoms with van der Waals surface area (Å²) in [6.07, 6.45) is 4.20. The molecule has 0 spiro atoms. The van der Waals surface area contributed by atoms with E-state index in [4.69, 9.17) is 22.4 Å². The van der Waals surface area contributed by atoms with Gasteiger partial charge in [-0.05, 0) is 31.7 Å². The van der Waals surface area contributed by atoms with Gasteiger partial charge in [-0.3, -0.25) is 4.79 Å². The van der Waals surface area contributed by atoms with E-state index in [9.17, 15) is 9.59 Å². The zero-order chi connectivity index (χ0) is 20.0. The molecule has 28 heavy (non-hydrogen) atoms. The summed E-state index contributed by atoms with van der Waals surface area (Å²) < 4.78 is 21.4. The lowest BCUT2D eigenvalue weighted by Crippen LogP contribution is -2.36. The van der Waals surface area contributed by atoms with Crippen molar-refractivity contribution >= 4 is 34.3 Å². The molecule has 7 nitrogen and oxygen atoms in total. The number of pyridine rings is 1. The van der Waals surface area contributed by atoms with E-state index >= 15 is 4.39 Å². The molecule has 0 amide bonds. The Bertz CT molecular complexity index is 1010. The largest absolute Gasteiger partial charge is 0.511 e. The van der Waals surface area contributed by atoms with E-state index in [2.05, 4.69) is 4.74 Å². The maximum absolute atomic E-state index is 15.1. The second-order valence-electron chi connectivity index (χ2n) is 7.45. The number of carbonyl (C=O) groups is 1. The Morgan fingerprint density at radius 2 is 2.07 bits per heavy atom. The zero-order valence-corrected chi connectivity index (χ0v) is 15.9. The van der Waals surface area contributed by atoms with E-state index in [1.807, 2.05) is 4.90 Å². The molecule has 3 N–H and O–H groups in total. The highest BCUT2D eigenvalue weighted by atomic mass is 35.5. The average Bonchev–Trinajstić information content (AvgIpc) is 3.46. The van der Waals surface area contributed by atoms with Crippen molar-refractivity contribution in [1.29, 1.82) is 0 Å². The monoisotopic (exact) mass is 409 g/mol. The summed E-state index contributed by atoms with van der Waals surface area (Å²) in [5.41, 5.74) is 6.07. The highest BCUT2D eigenvalue weighted by Crippen LogP contribution is 2.43. The molecule has 1 saturated heterocycles. The van der Waals surface area contributed by atoms with E-state index < -0.39 is 17.4 Å². The van der Waals surface area contributed by atoms with Crippen LogP contribution >= 0.6 is 11.6 Å². The number of nitrogens with zero attached hydrogens (tertiary/aromatic N) is 2. The summed E-state index contributed by atoms with van der Waals surface area (Å²) in [5.74, 6) is -0.981. The van der Waals surface area contributed by atoms with Gasteiger partial charge in [-0.1, -0.05) is 18.0 Å². The second kappa shape index (κ2) is 7.25. The van der Waals surface area contributed by atoms with Crippen molar-refractivity contribution in [3.05, 3.63) is 33.3 Å². The third-order valence-electron chi connectivity index (χ3n) is 5.31. The van der Waals surface area contributed by atoms with Gasteiger partial charge in [0.2, 0.25) is 5.43 Å². The van der Waals surface area contributed by atoms with E-state index in [1.54, 1.807) is 4.57 Å². The van der Waals surface area contributed by atoms with Crippen LogP contribution in [0.25, 0.3) is 10.9 Å². The van der Waals surface area contributed by atoms with Gasteiger partial charge < -0.3 is 25.0 Å². The summed E-state index contributed by atoms with van der Waals surface area (Å²) in [5, 5.41) is 9.05. The number of aromatic nitrogens is 1. The molecule has 1 aromatic carbocycles. The molecule has 2 aromatic rings. The summed E-state index contributed by atoms with van der Waals surface area (Å²) >= 11 is 6.65. The SMILES string of the molecule is N[C@@H]1CCCCN(c2c(F)cc3c(=O)c(OC(=O)O)cn(C4CC4)c3c2Cl)C1. The van der Waals surface area contributed by atoms with Gasteiger partial charge in [0.25, 0.3) is 0 Å². The molecule has 0 unspecified atom stereocenters. The minimum absolute atomic E-state index is 0.0102. The van der Waals surface area contributed by atoms with Crippen LogP contribution in [0.3, 0.4) is 0 Å². The maximum atomic E-state index is 15.1. The molecule has 1 aliphatic carbocycles. The van der Waals surface area contributed by atoms with Gasteiger partial charge in [0.05, 0.1) is 27.8 Å². The molecule has 0 radical (unpaired) electrons. The van der Waals surface area contributed by atoms with Crippen LogP contribution in [0.5, 0.6) is 5.75 Å². The number of hydrogen-bond acceptors (Lipinski definition) is 5. The predicted octanol–water partition coefficient (Wildman–Crippen LogP) is 3.50.